The van der Waals surface area contributed by atoms with Gasteiger partial charge in [0, 0.05) is 19.7 Å². The molecule has 16 heteroatoms. The van der Waals surface area contributed by atoms with Gasteiger partial charge in [0.25, 0.3) is 11.8 Å². The number of sulfonamides is 1. The lowest BCUT2D eigenvalue weighted by atomic mass is 9.97. The first-order chi connectivity index (χ1) is 23.2. The van der Waals surface area contributed by atoms with Crippen LogP contribution in [0.1, 0.15) is 46.5 Å². The number of hydrogen-bond acceptors (Lipinski definition) is 8. The number of anilines is 1. The predicted octanol–water partition coefficient (Wildman–Crippen LogP) is 3.99. The van der Waals surface area contributed by atoms with E-state index in [1.165, 1.54) is 36.4 Å². The molecule has 49 heavy (non-hydrogen) atoms. The van der Waals surface area contributed by atoms with Crippen molar-refractivity contribution in [3.8, 4) is 0 Å². The Kier molecular flexibility index (Phi) is 11.0. The van der Waals surface area contributed by atoms with Crippen molar-refractivity contribution >= 4 is 41.4 Å². The highest BCUT2D eigenvalue weighted by Gasteiger charge is 2.43. The molecule has 0 saturated carbocycles. The fourth-order valence-electron chi connectivity index (χ4n) is 6.20. The van der Waals surface area contributed by atoms with Crippen LogP contribution < -0.4 is 4.90 Å². The first-order valence-electron chi connectivity index (χ1n) is 15.6. The number of ether oxygens (including phenoxy) is 1. The number of amides is 3. The summed E-state index contributed by atoms with van der Waals surface area (Å²) in [5.74, 6) is -1.36. The van der Waals surface area contributed by atoms with E-state index in [4.69, 9.17) is 9.26 Å². The van der Waals surface area contributed by atoms with E-state index in [0.717, 1.165) is 14.1 Å². The fraction of sp³-hybridized carbons (Fsp3) is 0.364. The van der Waals surface area contributed by atoms with Crippen LogP contribution in [0.2, 0.25) is 0 Å². The average Bonchev–Trinajstić information content (AvgIpc) is 3.66. The number of rotatable bonds is 14. The Bertz CT molecular complexity index is 1790. The molecule has 0 unspecified atom stereocenters. The number of benzene rings is 3. The highest BCUT2D eigenvalue weighted by atomic mass is 32.2. The van der Waals surface area contributed by atoms with E-state index in [2.05, 4.69) is 0 Å². The van der Waals surface area contributed by atoms with Gasteiger partial charge in [0.1, 0.15) is 6.10 Å². The highest BCUT2D eigenvalue weighted by molar-refractivity contribution is 7.89. The first kappa shape index (κ1) is 36.3. The molecule has 1 fully saturated rings. The van der Waals surface area contributed by atoms with Gasteiger partial charge in [0.2, 0.25) is 10.0 Å². The third kappa shape index (κ3) is 8.27. The standard InChI is InChI=1S/C33H38N3O11PS/c1-22(2)19-34(49(44,45)26-14-12-24(13-15-26)36-31(37)27-10-6-7-11-28(27)32(36)38)20-30(47-48(41,42)43)29(18-23-8-4-3-5-9-23)35(33(39)40)25-16-17-46-21-25/h3-15,22,25,29-30H,16-21H2,1-2H3,(H,39,40)(H2,41,42,43)/t25-,29-,30+/m0/s1. The van der Waals surface area contributed by atoms with Gasteiger partial charge in [0.05, 0.1) is 40.4 Å². The maximum atomic E-state index is 14.2. The summed E-state index contributed by atoms with van der Waals surface area (Å²) < 4.78 is 52.6. The van der Waals surface area contributed by atoms with Gasteiger partial charge in [0.15, 0.2) is 0 Å². The summed E-state index contributed by atoms with van der Waals surface area (Å²) in [4.78, 5) is 60.6. The smallest absolute Gasteiger partial charge is 0.465 e. The summed E-state index contributed by atoms with van der Waals surface area (Å²) >= 11 is 0. The average molecular weight is 716 g/mol. The quantitative estimate of drug-likeness (QED) is 0.162. The molecule has 2 heterocycles. The number of imide groups is 1. The molecule has 3 amide bonds. The van der Waals surface area contributed by atoms with Gasteiger partial charge in [-0.25, -0.2) is 22.7 Å². The summed E-state index contributed by atoms with van der Waals surface area (Å²) in [6.07, 6.45) is -2.71. The fourth-order valence-corrected chi connectivity index (χ4v) is 8.37. The zero-order valence-electron chi connectivity index (χ0n) is 26.9. The molecule has 0 aliphatic carbocycles. The number of nitrogens with zero attached hydrogens (tertiary/aromatic N) is 3. The van der Waals surface area contributed by atoms with Crippen LogP contribution in [0.25, 0.3) is 0 Å². The molecule has 262 valence electrons. The molecule has 2 aliphatic rings. The van der Waals surface area contributed by atoms with Crippen LogP contribution in [-0.4, -0.2) is 94.9 Å². The van der Waals surface area contributed by atoms with E-state index in [0.29, 0.717) is 12.0 Å². The number of fused-ring (bicyclic) bond motifs is 1. The van der Waals surface area contributed by atoms with Crippen LogP contribution in [0.3, 0.4) is 0 Å². The van der Waals surface area contributed by atoms with Crippen molar-refractivity contribution < 1.29 is 51.5 Å². The lowest BCUT2D eigenvalue weighted by Gasteiger charge is -2.40. The van der Waals surface area contributed by atoms with Gasteiger partial charge in [-0.05, 0) is 60.7 Å². The Labute approximate surface area is 284 Å². The zero-order valence-corrected chi connectivity index (χ0v) is 28.6. The van der Waals surface area contributed by atoms with Crippen molar-refractivity contribution in [3.63, 3.8) is 0 Å². The Hall–Kier alpha value is -3.95. The van der Waals surface area contributed by atoms with Gasteiger partial charge in [-0.1, -0.05) is 56.3 Å². The number of carboxylic acid groups (broad SMARTS) is 1. The maximum absolute atomic E-state index is 14.2. The van der Waals surface area contributed by atoms with E-state index >= 15 is 0 Å². The van der Waals surface area contributed by atoms with Crippen LogP contribution in [0, 0.1) is 5.92 Å². The Morgan fingerprint density at radius 3 is 2.06 bits per heavy atom. The van der Waals surface area contributed by atoms with Crippen LogP contribution in [0.4, 0.5) is 10.5 Å². The topological polar surface area (TPSA) is 191 Å². The molecule has 1 saturated heterocycles. The Morgan fingerprint density at radius 1 is 0.959 bits per heavy atom. The largest absolute Gasteiger partial charge is 0.469 e. The van der Waals surface area contributed by atoms with Crippen LogP contribution in [0.15, 0.2) is 83.8 Å². The van der Waals surface area contributed by atoms with Gasteiger partial charge in [-0.3, -0.25) is 19.0 Å². The van der Waals surface area contributed by atoms with Crippen molar-refractivity contribution in [2.45, 2.75) is 49.8 Å². The highest BCUT2D eigenvalue weighted by Crippen LogP contribution is 2.40. The summed E-state index contributed by atoms with van der Waals surface area (Å²) in [7, 11) is -9.71. The molecule has 5 rings (SSSR count). The molecule has 0 radical (unpaired) electrons. The van der Waals surface area contributed by atoms with E-state index in [1.807, 2.05) is 0 Å². The predicted molar refractivity (Wildman–Crippen MR) is 178 cm³/mol. The molecule has 3 atom stereocenters. The van der Waals surface area contributed by atoms with Crippen molar-refractivity contribution in [2.75, 3.05) is 31.2 Å². The molecular weight excluding hydrogens is 677 g/mol. The van der Waals surface area contributed by atoms with Crippen molar-refractivity contribution in [2.24, 2.45) is 5.92 Å². The van der Waals surface area contributed by atoms with Crippen molar-refractivity contribution in [1.29, 1.82) is 0 Å². The second-order valence-corrected chi connectivity index (χ2v) is 15.4. The van der Waals surface area contributed by atoms with Gasteiger partial charge in [-0.15, -0.1) is 0 Å². The van der Waals surface area contributed by atoms with E-state index in [9.17, 15) is 42.3 Å². The SMILES string of the molecule is CC(C)CN(C[C@@H](OP(=O)(O)O)[C@H](Cc1ccccc1)N(C(=O)O)[C@H]1CCOC1)S(=O)(=O)c1ccc(N2C(=O)c3ccccc3C2=O)cc1. The monoisotopic (exact) mass is 715 g/mol. The van der Waals surface area contributed by atoms with E-state index < -0.39 is 60.5 Å². The second-order valence-electron chi connectivity index (χ2n) is 12.3. The van der Waals surface area contributed by atoms with Crippen LogP contribution >= 0.6 is 7.82 Å². The third-order valence-electron chi connectivity index (χ3n) is 8.35. The summed E-state index contributed by atoms with van der Waals surface area (Å²) in [6.45, 7) is 3.12. The molecule has 0 bridgehead atoms. The minimum atomic E-state index is -5.29. The van der Waals surface area contributed by atoms with E-state index in [-0.39, 0.29) is 53.8 Å². The Morgan fingerprint density at radius 2 is 1.55 bits per heavy atom. The lowest BCUT2D eigenvalue weighted by molar-refractivity contribution is 0.0144. The summed E-state index contributed by atoms with van der Waals surface area (Å²) in [5, 5.41) is 10.4. The van der Waals surface area contributed by atoms with Gasteiger partial charge in [-0.2, -0.15) is 4.31 Å². The number of hydrogen-bond donors (Lipinski definition) is 3. The molecule has 2 aliphatic heterocycles. The number of phosphoric acid groups is 1. The molecule has 3 aromatic rings. The number of phosphoric ester groups is 1. The Balaban J connectivity index is 1.51. The lowest BCUT2D eigenvalue weighted by Crippen LogP contribution is -2.56. The number of carbonyl (C=O) groups excluding carboxylic acids is 2. The minimum absolute atomic E-state index is 0.0428. The molecule has 14 nitrogen and oxygen atoms in total. The molecule has 3 aromatic carbocycles. The number of carbonyl (C=O) groups is 3. The van der Waals surface area contributed by atoms with E-state index in [1.54, 1.807) is 56.3 Å². The zero-order chi connectivity index (χ0) is 35.5. The summed E-state index contributed by atoms with van der Waals surface area (Å²) in [6, 6.07) is 18.2. The summed E-state index contributed by atoms with van der Waals surface area (Å²) in [5.41, 5.74) is 1.25. The normalized spacial score (nSPS) is 17.8. The van der Waals surface area contributed by atoms with Crippen LogP contribution in [0.5, 0.6) is 0 Å². The minimum Gasteiger partial charge on any atom is -0.465 e. The first-order valence-corrected chi connectivity index (χ1v) is 18.6. The molecule has 3 N–H and O–H groups in total. The van der Waals surface area contributed by atoms with Crippen molar-refractivity contribution in [1.82, 2.24) is 9.21 Å². The van der Waals surface area contributed by atoms with Crippen molar-refractivity contribution in [3.05, 3.63) is 95.6 Å². The molecule has 0 aromatic heterocycles. The molecular formula is C33H38N3O11PS. The maximum Gasteiger partial charge on any atom is 0.469 e. The van der Waals surface area contributed by atoms with Crippen LogP contribution in [-0.2, 0) is 30.3 Å². The second kappa shape index (κ2) is 14.9. The molecule has 0 spiro atoms. The van der Waals surface area contributed by atoms with Gasteiger partial charge >= 0.3 is 13.9 Å². The van der Waals surface area contributed by atoms with Gasteiger partial charge < -0.3 is 19.6 Å². The third-order valence-corrected chi connectivity index (χ3v) is 10.7.